The fourth-order valence-corrected chi connectivity index (χ4v) is 1.42. The summed E-state index contributed by atoms with van der Waals surface area (Å²) >= 11 is 1.56. The molecule has 1 aromatic heterocycles. The average Bonchev–Trinajstić information content (AvgIpc) is 2.55. The molecule has 0 aliphatic rings. The van der Waals surface area contributed by atoms with Crippen molar-refractivity contribution in [3.05, 3.63) is 21.9 Å². The largest absolute Gasteiger partial charge is 0.297 e. The molecule has 0 atom stereocenters. The highest BCUT2D eigenvalue weighted by Crippen LogP contribution is 2.13. The van der Waals surface area contributed by atoms with Gasteiger partial charge in [0.05, 0.1) is 4.88 Å². The van der Waals surface area contributed by atoms with Crippen LogP contribution in [0.25, 0.3) is 0 Å². The highest BCUT2D eigenvalue weighted by Gasteiger charge is 1.93. The topological polar surface area (TPSA) is 17.1 Å². The first kappa shape index (κ1) is 10.4. The molecule has 0 aliphatic heterocycles. The molecule has 11 heavy (non-hydrogen) atoms. The van der Waals surface area contributed by atoms with E-state index < -0.39 is 0 Å². The molecule has 0 fully saturated rings. The van der Waals surface area contributed by atoms with Crippen LogP contribution in [0.3, 0.4) is 0 Å². The van der Waals surface area contributed by atoms with Crippen LogP contribution in [0.4, 0.5) is 0 Å². The molecule has 1 rings (SSSR count). The summed E-state index contributed by atoms with van der Waals surface area (Å²) in [6.07, 6.45) is 1.92. The normalized spacial score (nSPS) is 8.27. The minimum Gasteiger partial charge on any atom is -0.297 e. The van der Waals surface area contributed by atoms with Gasteiger partial charge in [0.1, 0.15) is 0 Å². The molecule has 0 aromatic carbocycles. The molecular weight excluding hydrogens is 156 g/mol. The second-order valence-corrected chi connectivity index (χ2v) is 2.98. The van der Waals surface area contributed by atoms with E-state index in [4.69, 9.17) is 0 Å². The Morgan fingerprint density at radius 2 is 2.09 bits per heavy atom. The Morgan fingerprint density at radius 3 is 2.36 bits per heavy atom. The van der Waals surface area contributed by atoms with Crippen molar-refractivity contribution < 1.29 is 4.79 Å². The predicted molar refractivity (Wildman–Crippen MR) is 50.4 cm³/mol. The number of carbonyl (C=O) groups is 1. The van der Waals surface area contributed by atoms with Crippen molar-refractivity contribution in [1.82, 2.24) is 0 Å². The summed E-state index contributed by atoms with van der Waals surface area (Å²) in [5.41, 5.74) is 0. The number of carbonyl (C=O) groups excluding carboxylic acids is 1. The van der Waals surface area contributed by atoms with Crippen LogP contribution < -0.4 is 0 Å². The number of aryl methyl sites for hydroxylation is 1. The summed E-state index contributed by atoms with van der Waals surface area (Å²) in [7, 11) is 0. The van der Waals surface area contributed by atoms with E-state index in [0.717, 1.165) is 17.6 Å². The zero-order valence-electron chi connectivity index (χ0n) is 7.26. The molecule has 0 N–H and O–H groups in total. The van der Waals surface area contributed by atoms with Crippen LogP contribution in [-0.2, 0) is 6.42 Å². The molecule has 0 bridgehead atoms. The number of thiophene rings is 1. The number of rotatable bonds is 2. The van der Waals surface area contributed by atoms with Gasteiger partial charge in [-0.15, -0.1) is 11.3 Å². The summed E-state index contributed by atoms with van der Waals surface area (Å²) in [5.74, 6) is 0. The lowest BCUT2D eigenvalue weighted by molar-refractivity contribution is 0.112. The van der Waals surface area contributed by atoms with Crippen LogP contribution in [0.2, 0.25) is 0 Å². The molecule has 1 heterocycles. The van der Waals surface area contributed by atoms with Crippen molar-refractivity contribution in [1.29, 1.82) is 0 Å². The lowest BCUT2D eigenvalue weighted by atomic mass is 10.4. The van der Waals surface area contributed by atoms with Crippen molar-refractivity contribution in [2.45, 2.75) is 27.2 Å². The van der Waals surface area contributed by atoms with E-state index in [9.17, 15) is 4.79 Å². The van der Waals surface area contributed by atoms with Crippen molar-refractivity contribution in [3.63, 3.8) is 0 Å². The van der Waals surface area contributed by atoms with Gasteiger partial charge in [-0.2, -0.15) is 0 Å². The number of aldehydes is 1. The summed E-state index contributed by atoms with van der Waals surface area (Å²) in [6, 6.07) is 3.85. The first-order valence-corrected chi connectivity index (χ1v) is 4.72. The lowest BCUT2D eigenvalue weighted by Crippen LogP contribution is -1.65. The molecule has 0 unspecified atom stereocenters. The van der Waals surface area contributed by atoms with Crippen molar-refractivity contribution in [2.24, 2.45) is 0 Å². The van der Waals surface area contributed by atoms with E-state index in [1.165, 1.54) is 4.88 Å². The molecule has 0 saturated carbocycles. The average molecular weight is 170 g/mol. The van der Waals surface area contributed by atoms with Gasteiger partial charge >= 0.3 is 0 Å². The van der Waals surface area contributed by atoms with Crippen LogP contribution >= 0.6 is 11.3 Å². The zero-order valence-corrected chi connectivity index (χ0v) is 8.07. The van der Waals surface area contributed by atoms with Gasteiger partial charge in [0.25, 0.3) is 0 Å². The molecule has 0 amide bonds. The third kappa shape index (κ3) is 3.33. The molecule has 1 nitrogen and oxygen atoms in total. The van der Waals surface area contributed by atoms with E-state index in [1.54, 1.807) is 11.3 Å². The van der Waals surface area contributed by atoms with Gasteiger partial charge in [-0.3, -0.25) is 4.79 Å². The third-order valence-corrected chi connectivity index (χ3v) is 2.30. The van der Waals surface area contributed by atoms with E-state index in [1.807, 2.05) is 26.0 Å². The quantitative estimate of drug-likeness (QED) is 0.623. The van der Waals surface area contributed by atoms with E-state index >= 15 is 0 Å². The van der Waals surface area contributed by atoms with Gasteiger partial charge in [-0.25, -0.2) is 0 Å². The summed E-state index contributed by atoms with van der Waals surface area (Å²) in [5, 5.41) is 0. The molecule has 0 saturated heterocycles. The van der Waals surface area contributed by atoms with Gasteiger partial charge in [0.2, 0.25) is 0 Å². The fourth-order valence-electron chi connectivity index (χ4n) is 0.648. The Hall–Kier alpha value is -0.630. The van der Waals surface area contributed by atoms with Crippen LogP contribution in [0.5, 0.6) is 0 Å². The number of hydrogen-bond acceptors (Lipinski definition) is 2. The molecule has 2 heteroatoms. The van der Waals surface area contributed by atoms with Crippen LogP contribution in [0.15, 0.2) is 12.1 Å². The van der Waals surface area contributed by atoms with Crippen LogP contribution in [0, 0.1) is 0 Å². The maximum atomic E-state index is 10.1. The van der Waals surface area contributed by atoms with Crippen molar-refractivity contribution >= 4 is 17.6 Å². The SMILES string of the molecule is CC.CCc1ccc(C=O)s1. The molecule has 0 radical (unpaired) electrons. The fraction of sp³-hybridized carbons (Fsp3) is 0.444. The summed E-state index contributed by atoms with van der Waals surface area (Å²) in [6.45, 7) is 6.08. The summed E-state index contributed by atoms with van der Waals surface area (Å²) in [4.78, 5) is 12.2. The first-order valence-electron chi connectivity index (χ1n) is 3.90. The Kier molecular flexibility index (Phi) is 5.75. The van der Waals surface area contributed by atoms with Crippen LogP contribution in [-0.4, -0.2) is 6.29 Å². The predicted octanol–water partition coefficient (Wildman–Crippen LogP) is 3.15. The third-order valence-electron chi connectivity index (χ3n) is 1.15. The molecule has 1 aromatic rings. The highest BCUT2D eigenvalue weighted by atomic mass is 32.1. The maximum absolute atomic E-state index is 10.1. The minimum absolute atomic E-state index is 0.826. The second-order valence-electron chi connectivity index (χ2n) is 1.78. The standard InChI is InChI=1S/C7H8OS.C2H6/c1-2-6-3-4-7(5-8)9-6;1-2/h3-5H,2H2,1H3;1-2H3. The first-order chi connectivity index (χ1) is 5.36. The Balaban J connectivity index is 0.000000461. The van der Waals surface area contributed by atoms with Gasteiger partial charge < -0.3 is 0 Å². The van der Waals surface area contributed by atoms with E-state index in [2.05, 4.69) is 6.92 Å². The van der Waals surface area contributed by atoms with Gasteiger partial charge in [-0.1, -0.05) is 20.8 Å². The van der Waals surface area contributed by atoms with E-state index in [0.29, 0.717) is 0 Å². The van der Waals surface area contributed by atoms with Crippen molar-refractivity contribution in [3.8, 4) is 0 Å². The molecule has 62 valence electrons. The monoisotopic (exact) mass is 170 g/mol. The van der Waals surface area contributed by atoms with Gasteiger partial charge in [-0.05, 0) is 18.6 Å². The summed E-state index contributed by atoms with van der Waals surface area (Å²) < 4.78 is 0. The van der Waals surface area contributed by atoms with E-state index in [-0.39, 0.29) is 0 Å². The lowest BCUT2D eigenvalue weighted by Gasteiger charge is -1.80. The van der Waals surface area contributed by atoms with Gasteiger partial charge in [0, 0.05) is 4.88 Å². The van der Waals surface area contributed by atoms with Crippen LogP contribution in [0.1, 0.15) is 35.3 Å². The Labute approximate surface area is 72.1 Å². The van der Waals surface area contributed by atoms with Gasteiger partial charge in [0.15, 0.2) is 6.29 Å². The second kappa shape index (κ2) is 6.10. The number of hydrogen-bond donors (Lipinski definition) is 0. The molecular formula is C9H14OS. The smallest absolute Gasteiger partial charge is 0.160 e. The van der Waals surface area contributed by atoms with Crippen molar-refractivity contribution in [2.75, 3.05) is 0 Å². The minimum atomic E-state index is 0.826. The maximum Gasteiger partial charge on any atom is 0.160 e. The Bertz CT molecular complexity index is 203. The zero-order chi connectivity index (χ0) is 8.69. The molecule has 0 spiro atoms. The highest BCUT2D eigenvalue weighted by molar-refractivity contribution is 7.13. The molecule has 0 aliphatic carbocycles. The Morgan fingerprint density at radius 1 is 1.45 bits per heavy atom.